The van der Waals surface area contributed by atoms with Gasteiger partial charge in [-0.2, -0.15) is 0 Å². The van der Waals surface area contributed by atoms with E-state index in [1.54, 1.807) is 24.5 Å². The average Bonchev–Trinajstić information content (AvgIpc) is 3.04. The molecule has 0 bridgehead atoms. The van der Waals surface area contributed by atoms with Gasteiger partial charge in [-0.25, -0.2) is 0 Å². The van der Waals surface area contributed by atoms with Gasteiger partial charge < -0.3 is 10.6 Å². The number of hydrogen-bond donors (Lipinski definition) is 2. The summed E-state index contributed by atoms with van der Waals surface area (Å²) < 4.78 is 0. The van der Waals surface area contributed by atoms with Crippen molar-refractivity contribution < 1.29 is 4.79 Å². The van der Waals surface area contributed by atoms with E-state index in [1.807, 2.05) is 12.1 Å². The quantitative estimate of drug-likeness (QED) is 0.697. The summed E-state index contributed by atoms with van der Waals surface area (Å²) in [4.78, 5) is 16.1. The molecule has 136 valence electrons. The largest absolute Gasteiger partial charge is 0.322 e. The molecule has 4 nitrogen and oxygen atoms in total. The molecule has 2 aromatic carbocycles. The van der Waals surface area contributed by atoms with Gasteiger partial charge in [0.05, 0.1) is 0 Å². The zero-order valence-corrected chi connectivity index (χ0v) is 15.4. The van der Waals surface area contributed by atoms with Gasteiger partial charge in [0.1, 0.15) is 0 Å². The number of anilines is 1. The smallest absolute Gasteiger partial charge is 0.255 e. The summed E-state index contributed by atoms with van der Waals surface area (Å²) in [5.41, 5.74) is 5.48. The van der Waals surface area contributed by atoms with E-state index in [-0.39, 0.29) is 5.91 Å². The molecule has 1 amide bonds. The molecule has 3 aromatic rings. The van der Waals surface area contributed by atoms with Gasteiger partial charge in [0, 0.05) is 36.2 Å². The maximum Gasteiger partial charge on any atom is 0.255 e. The van der Waals surface area contributed by atoms with Crippen LogP contribution in [0.5, 0.6) is 0 Å². The van der Waals surface area contributed by atoms with Crippen molar-refractivity contribution in [3.63, 3.8) is 0 Å². The Bertz CT molecular complexity index is 922. The highest BCUT2D eigenvalue weighted by Crippen LogP contribution is 2.39. The number of aromatic nitrogens is 1. The van der Waals surface area contributed by atoms with Crippen LogP contribution in [0.3, 0.4) is 0 Å². The van der Waals surface area contributed by atoms with Crippen LogP contribution in [0.15, 0.2) is 73.1 Å². The van der Waals surface area contributed by atoms with Gasteiger partial charge in [0.2, 0.25) is 0 Å². The molecule has 2 atom stereocenters. The van der Waals surface area contributed by atoms with E-state index in [1.165, 1.54) is 16.7 Å². The molecule has 27 heavy (non-hydrogen) atoms. The van der Waals surface area contributed by atoms with Gasteiger partial charge in [-0.05, 0) is 53.3 Å². The second kappa shape index (κ2) is 7.72. The van der Waals surface area contributed by atoms with Crippen molar-refractivity contribution in [2.24, 2.45) is 0 Å². The lowest BCUT2D eigenvalue weighted by Crippen LogP contribution is -2.18. The van der Waals surface area contributed by atoms with Gasteiger partial charge in [-0.3, -0.25) is 9.78 Å². The first-order chi connectivity index (χ1) is 13.2. The Morgan fingerprint density at radius 3 is 2.44 bits per heavy atom. The number of nitrogens with one attached hydrogen (secondary N) is 2. The third kappa shape index (κ3) is 3.91. The second-order valence-corrected chi connectivity index (χ2v) is 7.09. The third-order valence-electron chi connectivity index (χ3n) is 5.20. The molecule has 1 heterocycles. The zero-order chi connectivity index (χ0) is 18.6. The summed E-state index contributed by atoms with van der Waals surface area (Å²) in [6, 6.07) is 20.5. The van der Waals surface area contributed by atoms with Crippen LogP contribution in [-0.2, 0) is 6.54 Å². The van der Waals surface area contributed by atoms with E-state index in [2.05, 4.69) is 58.9 Å². The van der Waals surface area contributed by atoms with Crippen LogP contribution in [0.4, 0.5) is 5.69 Å². The van der Waals surface area contributed by atoms with Gasteiger partial charge >= 0.3 is 0 Å². The number of carbonyl (C=O) groups excluding carboxylic acids is 1. The van der Waals surface area contributed by atoms with Crippen LogP contribution in [0.1, 0.15) is 52.4 Å². The van der Waals surface area contributed by atoms with Crippen LogP contribution < -0.4 is 10.6 Å². The Hall–Kier alpha value is -2.98. The Balaban J connectivity index is 1.36. The maximum atomic E-state index is 12.2. The Morgan fingerprint density at radius 1 is 1.00 bits per heavy atom. The lowest BCUT2D eigenvalue weighted by Gasteiger charge is -2.14. The molecule has 1 aromatic heterocycles. The summed E-state index contributed by atoms with van der Waals surface area (Å²) in [6.45, 7) is 3.10. The van der Waals surface area contributed by atoms with Gasteiger partial charge in [-0.1, -0.05) is 43.3 Å². The molecule has 1 aliphatic rings. The highest BCUT2D eigenvalue weighted by molar-refractivity contribution is 6.04. The number of hydrogen-bond acceptors (Lipinski definition) is 3. The molecule has 2 unspecified atom stereocenters. The lowest BCUT2D eigenvalue weighted by molar-refractivity contribution is 0.102. The number of pyridine rings is 1. The molecular weight excluding hydrogens is 334 g/mol. The number of benzene rings is 2. The second-order valence-electron chi connectivity index (χ2n) is 7.09. The van der Waals surface area contributed by atoms with Crippen LogP contribution in [0.25, 0.3) is 0 Å². The minimum absolute atomic E-state index is 0.125. The normalized spacial score (nSPS) is 18.1. The van der Waals surface area contributed by atoms with Gasteiger partial charge in [0.15, 0.2) is 0 Å². The number of nitrogens with zero attached hydrogens (tertiary/aromatic N) is 1. The van der Waals surface area contributed by atoms with E-state index in [9.17, 15) is 4.79 Å². The average molecular weight is 357 g/mol. The molecule has 4 heteroatoms. The monoisotopic (exact) mass is 357 g/mol. The zero-order valence-electron chi connectivity index (χ0n) is 15.4. The van der Waals surface area contributed by atoms with Crippen LogP contribution >= 0.6 is 0 Å². The van der Waals surface area contributed by atoms with E-state index < -0.39 is 0 Å². The van der Waals surface area contributed by atoms with E-state index in [0.717, 1.165) is 18.7 Å². The van der Waals surface area contributed by atoms with Crippen molar-refractivity contribution in [1.29, 1.82) is 0 Å². The molecule has 2 N–H and O–H groups in total. The van der Waals surface area contributed by atoms with Crippen molar-refractivity contribution >= 4 is 11.6 Å². The predicted molar refractivity (Wildman–Crippen MR) is 108 cm³/mol. The molecular formula is C23H23N3O. The first-order valence-corrected chi connectivity index (χ1v) is 9.33. The number of fused-ring (bicyclic) bond motifs is 1. The summed E-state index contributed by atoms with van der Waals surface area (Å²) in [6.07, 6.45) is 4.37. The molecule has 0 spiro atoms. The maximum absolute atomic E-state index is 12.2. The summed E-state index contributed by atoms with van der Waals surface area (Å²) in [5, 5.41) is 6.59. The van der Waals surface area contributed by atoms with E-state index in [4.69, 9.17) is 0 Å². The van der Waals surface area contributed by atoms with Gasteiger partial charge in [0.25, 0.3) is 5.91 Å². The highest BCUT2D eigenvalue weighted by Gasteiger charge is 2.26. The summed E-state index contributed by atoms with van der Waals surface area (Å²) >= 11 is 0. The number of amides is 1. The van der Waals surface area contributed by atoms with Crippen molar-refractivity contribution in [2.45, 2.75) is 31.8 Å². The van der Waals surface area contributed by atoms with Gasteiger partial charge in [-0.15, -0.1) is 0 Å². The topological polar surface area (TPSA) is 54.0 Å². The fourth-order valence-corrected chi connectivity index (χ4v) is 3.73. The Morgan fingerprint density at radius 2 is 1.70 bits per heavy atom. The van der Waals surface area contributed by atoms with E-state index >= 15 is 0 Å². The van der Waals surface area contributed by atoms with Crippen LogP contribution in [0.2, 0.25) is 0 Å². The Labute approximate surface area is 159 Å². The standard InChI is InChI=1S/C23H23N3O/c1-16-14-22(21-5-3-2-4-20(16)21)25-15-17-6-8-19(9-7-17)26-23(27)18-10-12-24-13-11-18/h2-13,16,22,25H,14-15H2,1H3,(H,26,27). The molecule has 0 saturated heterocycles. The SMILES string of the molecule is CC1CC(NCc2ccc(NC(=O)c3ccncc3)cc2)c2ccccc21. The molecule has 0 fully saturated rings. The molecule has 0 saturated carbocycles. The molecule has 1 aliphatic carbocycles. The Kier molecular flexibility index (Phi) is 4.99. The number of rotatable bonds is 5. The molecule has 0 aliphatic heterocycles. The third-order valence-corrected chi connectivity index (χ3v) is 5.20. The van der Waals surface area contributed by atoms with E-state index in [0.29, 0.717) is 17.5 Å². The highest BCUT2D eigenvalue weighted by atomic mass is 16.1. The minimum atomic E-state index is -0.125. The van der Waals surface area contributed by atoms with Crippen LogP contribution in [0, 0.1) is 0 Å². The predicted octanol–water partition coefficient (Wildman–Crippen LogP) is 4.67. The van der Waals surface area contributed by atoms with Crippen molar-refractivity contribution in [3.05, 3.63) is 95.3 Å². The number of carbonyl (C=O) groups is 1. The van der Waals surface area contributed by atoms with Crippen molar-refractivity contribution in [3.8, 4) is 0 Å². The molecule has 4 rings (SSSR count). The van der Waals surface area contributed by atoms with Crippen molar-refractivity contribution in [2.75, 3.05) is 5.32 Å². The lowest BCUT2D eigenvalue weighted by atomic mass is 10.0. The molecule has 0 radical (unpaired) electrons. The first kappa shape index (κ1) is 17.4. The summed E-state index contributed by atoms with van der Waals surface area (Å²) in [7, 11) is 0. The minimum Gasteiger partial charge on any atom is -0.322 e. The fraction of sp³-hybridized carbons (Fsp3) is 0.217. The first-order valence-electron chi connectivity index (χ1n) is 9.33. The van der Waals surface area contributed by atoms with Crippen LogP contribution in [-0.4, -0.2) is 10.9 Å². The fourth-order valence-electron chi connectivity index (χ4n) is 3.73. The van der Waals surface area contributed by atoms with Crippen molar-refractivity contribution in [1.82, 2.24) is 10.3 Å². The summed E-state index contributed by atoms with van der Waals surface area (Å²) in [5.74, 6) is 0.476.